The van der Waals surface area contributed by atoms with E-state index in [-0.39, 0.29) is 36.1 Å². The van der Waals surface area contributed by atoms with E-state index in [1.165, 1.54) is 0 Å². The van der Waals surface area contributed by atoms with Crippen LogP contribution in [-0.4, -0.2) is 49.6 Å². The number of aliphatic hydroxyl groups excluding tert-OH is 1. The van der Waals surface area contributed by atoms with Gasteiger partial charge in [0.2, 0.25) is 0 Å². The minimum absolute atomic E-state index is 0.0257. The average Bonchev–Trinajstić information content (AvgIpc) is 2.90. The van der Waals surface area contributed by atoms with Crippen LogP contribution in [-0.2, 0) is 4.79 Å². The predicted octanol–water partition coefficient (Wildman–Crippen LogP) is 0.959. The van der Waals surface area contributed by atoms with Gasteiger partial charge in [-0.15, -0.1) is 0 Å². The first kappa shape index (κ1) is 17.4. The molecule has 0 aromatic heterocycles. The van der Waals surface area contributed by atoms with Crippen molar-refractivity contribution in [1.29, 1.82) is 0 Å². The Balaban J connectivity index is 1.92. The molecule has 4 rings (SSSR count). The number of carbonyl (C=O) groups is 1. The third-order valence-corrected chi connectivity index (χ3v) is 7.92. The summed E-state index contributed by atoms with van der Waals surface area (Å²) in [4.78, 5) is 12.7. The minimum Gasteiger partial charge on any atom is -0.392 e. The molecular weight excluding hydrogens is 320 g/mol. The topological polar surface area (TPSA) is 98.0 Å². The zero-order chi connectivity index (χ0) is 18.6. The Labute approximate surface area is 148 Å². The Kier molecular flexibility index (Phi) is 3.23. The molecule has 0 spiro atoms. The lowest BCUT2D eigenvalue weighted by atomic mass is 9.60. The molecule has 0 saturated heterocycles. The van der Waals surface area contributed by atoms with Gasteiger partial charge in [0.25, 0.3) is 0 Å². The van der Waals surface area contributed by atoms with Gasteiger partial charge in [-0.25, -0.2) is 0 Å². The van der Waals surface area contributed by atoms with Crippen LogP contribution in [0.25, 0.3) is 0 Å². The van der Waals surface area contributed by atoms with Crippen LogP contribution in [0, 0.1) is 29.1 Å². The first-order valence-corrected chi connectivity index (χ1v) is 9.15. The van der Waals surface area contributed by atoms with Crippen LogP contribution >= 0.6 is 0 Å². The zero-order valence-electron chi connectivity index (χ0n) is 15.3. The van der Waals surface area contributed by atoms with Crippen molar-refractivity contribution in [3.05, 3.63) is 23.3 Å². The first-order valence-electron chi connectivity index (χ1n) is 9.15. The van der Waals surface area contributed by atoms with Gasteiger partial charge in [-0.05, 0) is 30.4 Å². The van der Waals surface area contributed by atoms with Gasteiger partial charge in [-0.3, -0.25) is 4.79 Å². The van der Waals surface area contributed by atoms with Crippen molar-refractivity contribution < 1.29 is 25.2 Å². The number of hydrogen-bond acceptors (Lipinski definition) is 5. The Morgan fingerprint density at radius 3 is 2.44 bits per heavy atom. The van der Waals surface area contributed by atoms with Gasteiger partial charge in [0, 0.05) is 29.6 Å². The lowest BCUT2D eigenvalue weighted by Gasteiger charge is -2.50. The highest BCUT2D eigenvalue weighted by molar-refractivity contribution is 6.04. The summed E-state index contributed by atoms with van der Waals surface area (Å²) in [7, 11) is 0. The highest BCUT2D eigenvalue weighted by atomic mass is 16.3. The van der Waals surface area contributed by atoms with Gasteiger partial charge in [0.1, 0.15) is 5.60 Å². The van der Waals surface area contributed by atoms with E-state index < -0.39 is 28.6 Å². The van der Waals surface area contributed by atoms with Crippen LogP contribution in [0.3, 0.4) is 0 Å². The fraction of sp³-hybridized carbons (Fsp3) is 0.750. The van der Waals surface area contributed by atoms with Crippen LogP contribution in [0.2, 0.25) is 0 Å². The van der Waals surface area contributed by atoms with Crippen LogP contribution < -0.4 is 0 Å². The maximum absolute atomic E-state index is 12.7. The number of ketones is 1. The van der Waals surface area contributed by atoms with E-state index in [1.54, 1.807) is 13.0 Å². The summed E-state index contributed by atoms with van der Waals surface area (Å²) in [5, 5.41) is 44.0. The molecule has 0 aromatic rings. The summed E-state index contributed by atoms with van der Waals surface area (Å²) >= 11 is 0. The number of rotatable bonds is 1. The average molecular weight is 348 g/mol. The standard InChI is InChI=1S/C20H28O5/c1-10-5-14-18(23,16(10)22)8-12(9-21)6-13-15-17(3,4)19(15,24)7-11(2)20(13,14)25/h5-6,11,13-15,21,23-25H,7-9H2,1-4H3/t11-,13+,14-,15+,18-,19+,20-/m1/s1. The van der Waals surface area contributed by atoms with Crippen molar-refractivity contribution in [2.45, 2.75) is 57.3 Å². The fourth-order valence-corrected chi connectivity index (χ4v) is 6.40. The molecule has 5 nitrogen and oxygen atoms in total. The maximum atomic E-state index is 12.7. The normalized spacial score (nSPS) is 53.2. The molecule has 138 valence electrons. The minimum atomic E-state index is -1.72. The number of Topliss-reactive ketones (excluding diaryl/α,β-unsaturated/α-hetero) is 1. The molecule has 0 aliphatic heterocycles. The molecule has 0 amide bonds. The molecule has 0 aromatic carbocycles. The predicted molar refractivity (Wildman–Crippen MR) is 91.4 cm³/mol. The van der Waals surface area contributed by atoms with Gasteiger partial charge in [-0.1, -0.05) is 32.9 Å². The largest absolute Gasteiger partial charge is 0.392 e. The van der Waals surface area contributed by atoms with Crippen LogP contribution in [0.15, 0.2) is 23.3 Å². The SMILES string of the molecule is CC1=C[C@H]2[C@@]3(O)[C@H](C)C[C@]4(O)[C@@H]([C@@H]3C=C(CO)C[C@]2(O)C1=O)C4(C)C. The molecule has 5 heteroatoms. The second-order valence-electron chi connectivity index (χ2n) is 9.38. The Hall–Kier alpha value is -1.01. The summed E-state index contributed by atoms with van der Waals surface area (Å²) in [5.74, 6) is -1.95. The second-order valence-corrected chi connectivity index (χ2v) is 9.38. The zero-order valence-corrected chi connectivity index (χ0v) is 15.3. The highest BCUT2D eigenvalue weighted by Gasteiger charge is 2.80. The second kappa shape index (κ2) is 4.63. The lowest BCUT2D eigenvalue weighted by Crippen LogP contribution is -2.60. The molecule has 4 aliphatic carbocycles. The van der Waals surface area contributed by atoms with E-state index in [2.05, 4.69) is 0 Å². The van der Waals surface area contributed by atoms with E-state index in [4.69, 9.17) is 0 Å². The maximum Gasteiger partial charge on any atom is 0.190 e. The first-order chi connectivity index (χ1) is 11.4. The van der Waals surface area contributed by atoms with Gasteiger partial charge in [0.15, 0.2) is 5.78 Å². The van der Waals surface area contributed by atoms with Crippen molar-refractivity contribution in [3.8, 4) is 0 Å². The van der Waals surface area contributed by atoms with Crippen molar-refractivity contribution in [3.63, 3.8) is 0 Å². The van der Waals surface area contributed by atoms with E-state index >= 15 is 0 Å². The van der Waals surface area contributed by atoms with E-state index in [0.717, 1.165) is 0 Å². The molecule has 25 heavy (non-hydrogen) atoms. The Morgan fingerprint density at radius 2 is 1.84 bits per heavy atom. The summed E-state index contributed by atoms with van der Waals surface area (Å²) in [6.45, 7) is 7.29. The van der Waals surface area contributed by atoms with Crippen molar-refractivity contribution >= 4 is 5.78 Å². The Bertz CT molecular complexity index is 722. The Morgan fingerprint density at radius 1 is 1.20 bits per heavy atom. The third-order valence-electron chi connectivity index (χ3n) is 7.92. The number of fused-ring (bicyclic) bond motifs is 5. The van der Waals surface area contributed by atoms with Gasteiger partial charge in [-0.2, -0.15) is 0 Å². The molecule has 2 fully saturated rings. The molecule has 0 unspecified atom stereocenters. The van der Waals surface area contributed by atoms with Gasteiger partial charge in [0.05, 0.1) is 17.8 Å². The third kappa shape index (κ3) is 1.75. The number of aliphatic hydroxyl groups is 4. The smallest absolute Gasteiger partial charge is 0.190 e. The van der Waals surface area contributed by atoms with Crippen LogP contribution in [0.1, 0.15) is 40.5 Å². The van der Waals surface area contributed by atoms with Crippen molar-refractivity contribution in [2.75, 3.05) is 6.61 Å². The summed E-state index contributed by atoms with van der Waals surface area (Å²) in [6.07, 6.45) is 4.00. The quantitative estimate of drug-likeness (QED) is 0.529. The van der Waals surface area contributed by atoms with E-state index in [9.17, 15) is 25.2 Å². The molecule has 0 heterocycles. The van der Waals surface area contributed by atoms with Gasteiger partial charge >= 0.3 is 0 Å². The molecule has 0 bridgehead atoms. The van der Waals surface area contributed by atoms with Crippen LogP contribution in [0.5, 0.6) is 0 Å². The summed E-state index contributed by atoms with van der Waals surface area (Å²) in [5.41, 5.74) is -3.23. The van der Waals surface area contributed by atoms with Crippen molar-refractivity contribution in [2.24, 2.45) is 29.1 Å². The monoisotopic (exact) mass is 348 g/mol. The molecule has 0 radical (unpaired) electrons. The summed E-state index contributed by atoms with van der Waals surface area (Å²) in [6, 6.07) is 0. The molecular formula is C20H28O5. The van der Waals surface area contributed by atoms with Crippen molar-refractivity contribution in [1.82, 2.24) is 0 Å². The lowest BCUT2D eigenvalue weighted by molar-refractivity contribution is -0.177. The number of carbonyl (C=O) groups excluding carboxylic acids is 1. The summed E-state index contributed by atoms with van der Waals surface area (Å²) < 4.78 is 0. The fourth-order valence-electron chi connectivity index (χ4n) is 6.40. The number of hydrogen-bond donors (Lipinski definition) is 4. The molecule has 2 saturated carbocycles. The highest BCUT2D eigenvalue weighted by Crippen LogP contribution is 2.74. The molecule has 4 N–H and O–H groups in total. The van der Waals surface area contributed by atoms with Gasteiger partial charge < -0.3 is 20.4 Å². The van der Waals surface area contributed by atoms with E-state index in [0.29, 0.717) is 17.6 Å². The van der Waals surface area contributed by atoms with Crippen LogP contribution in [0.4, 0.5) is 0 Å². The van der Waals surface area contributed by atoms with E-state index in [1.807, 2.05) is 26.8 Å². The molecule has 7 atom stereocenters. The molecule has 4 aliphatic rings.